The first-order valence-corrected chi connectivity index (χ1v) is 7.31. The molecular formula is C13H24N6O. The van der Waals surface area contributed by atoms with Crippen LogP contribution in [0.2, 0.25) is 0 Å². The highest BCUT2D eigenvalue weighted by Gasteiger charge is 2.18. The zero-order valence-electron chi connectivity index (χ0n) is 12.3. The van der Waals surface area contributed by atoms with Crippen LogP contribution in [0.4, 0.5) is 11.9 Å². The Morgan fingerprint density at radius 1 is 1.25 bits per heavy atom. The van der Waals surface area contributed by atoms with E-state index in [4.69, 9.17) is 10.5 Å². The van der Waals surface area contributed by atoms with Crippen LogP contribution in [0.1, 0.15) is 26.7 Å². The molecule has 2 heterocycles. The van der Waals surface area contributed by atoms with E-state index in [0.717, 1.165) is 13.1 Å². The Labute approximate surface area is 119 Å². The lowest BCUT2D eigenvalue weighted by atomic mass is 9.97. The lowest BCUT2D eigenvalue weighted by Gasteiger charge is -2.31. The zero-order valence-corrected chi connectivity index (χ0v) is 12.3. The SMILES string of the molecule is CCOc1nc(N)nc(NCC2CCN(CC)CC2)n1. The van der Waals surface area contributed by atoms with Crippen LogP contribution in [0.25, 0.3) is 0 Å². The van der Waals surface area contributed by atoms with Gasteiger partial charge in [-0.25, -0.2) is 0 Å². The van der Waals surface area contributed by atoms with Gasteiger partial charge in [-0.2, -0.15) is 15.0 Å². The molecule has 1 fully saturated rings. The number of nitrogens with two attached hydrogens (primary N) is 1. The van der Waals surface area contributed by atoms with Gasteiger partial charge in [0, 0.05) is 6.54 Å². The summed E-state index contributed by atoms with van der Waals surface area (Å²) in [5.41, 5.74) is 5.65. The smallest absolute Gasteiger partial charge is 0.323 e. The van der Waals surface area contributed by atoms with Gasteiger partial charge in [0.15, 0.2) is 0 Å². The molecule has 112 valence electrons. The Hall–Kier alpha value is -1.63. The average molecular weight is 280 g/mol. The third kappa shape index (κ3) is 4.19. The molecule has 3 N–H and O–H groups in total. The molecule has 0 bridgehead atoms. The molecule has 0 radical (unpaired) electrons. The van der Waals surface area contributed by atoms with Crippen molar-refractivity contribution in [2.24, 2.45) is 5.92 Å². The van der Waals surface area contributed by atoms with E-state index >= 15 is 0 Å². The number of aromatic nitrogens is 3. The fourth-order valence-corrected chi connectivity index (χ4v) is 2.39. The molecule has 1 aliphatic heterocycles. The molecule has 1 aliphatic rings. The molecule has 0 aliphatic carbocycles. The van der Waals surface area contributed by atoms with E-state index in [2.05, 4.69) is 32.1 Å². The lowest BCUT2D eigenvalue weighted by molar-refractivity contribution is 0.198. The minimum atomic E-state index is 0.187. The van der Waals surface area contributed by atoms with Gasteiger partial charge in [-0.3, -0.25) is 0 Å². The first-order valence-electron chi connectivity index (χ1n) is 7.31. The summed E-state index contributed by atoms with van der Waals surface area (Å²) in [7, 11) is 0. The summed E-state index contributed by atoms with van der Waals surface area (Å²) in [5, 5.41) is 3.25. The largest absolute Gasteiger partial charge is 0.464 e. The van der Waals surface area contributed by atoms with Gasteiger partial charge in [0.1, 0.15) is 0 Å². The van der Waals surface area contributed by atoms with Crippen LogP contribution in [0.15, 0.2) is 0 Å². The molecule has 0 amide bonds. The Kier molecular flexibility index (Phi) is 5.34. The van der Waals surface area contributed by atoms with E-state index in [1.165, 1.54) is 25.9 Å². The molecule has 1 aromatic rings. The van der Waals surface area contributed by atoms with Crippen molar-refractivity contribution in [3.8, 4) is 6.01 Å². The Balaban J connectivity index is 1.84. The number of nitrogens with one attached hydrogen (secondary N) is 1. The third-order valence-corrected chi connectivity index (χ3v) is 3.61. The monoisotopic (exact) mass is 280 g/mol. The van der Waals surface area contributed by atoms with Gasteiger partial charge in [0.2, 0.25) is 11.9 Å². The number of nitrogen functional groups attached to an aromatic ring is 1. The number of ether oxygens (including phenoxy) is 1. The van der Waals surface area contributed by atoms with Gasteiger partial charge in [-0.15, -0.1) is 0 Å². The summed E-state index contributed by atoms with van der Waals surface area (Å²) in [6.07, 6.45) is 2.42. The van der Waals surface area contributed by atoms with Crippen molar-refractivity contribution < 1.29 is 4.74 Å². The maximum atomic E-state index is 5.65. The summed E-state index contributed by atoms with van der Waals surface area (Å²) in [4.78, 5) is 14.7. The molecule has 1 aromatic heterocycles. The third-order valence-electron chi connectivity index (χ3n) is 3.61. The Bertz CT molecular complexity index is 419. The number of likely N-dealkylation sites (tertiary alicyclic amines) is 1. The second-order valence-corrected chi connectivity index (χ2v) is 4.99. The fraction of sp³-hybridized carbons (Fsp3) is 0.769. The van der Waals surface area contributed by atoms with Crippen molar-refractivity contribution >= 4 is 11.9 Å². The van der Waals surface area contributed by atoms with E-state index < -0.39 is 0 Å². The number of anilines is 2. The van der Waals surface area contributed by atoms with Crippen molar-refractivity contribution in [3.63, 3.8) is 0 Å². The van der Waals surface area contributed by atoms with E-state index in [1.54, 1.807) is 0 Å². The number of rotatable bonds is 6. The molecule has 0 aromatic carbocycles. The highest BCUT2D eigenvalue weighted by Crippen LogP contribution is 2.17. The van der Waals surface area contributed by atoms with E-state index in [-0.39, 0.29) is 12.0 Å². The average Bonchev–Trinajstić information content (AvgIpc) is 2.45. The zero-order chi connectivity index (χ0) is 14.4. The number of hydrogen-bond acceptors (Lipinski definition) is 7. The first-order chi connectivity index (χ1) is 9.71. The van der Waals surface area contributed by atoms with Crippen molar-refractivity contribution in [1.82, 2.24) is 19.9 Å². The molecule has 2 rings (SSSR count). The second-order valence-electron chi connectivity index (χ2n) is 4.99. The maximum absolute atomic E-state index is 5.65. The summed E-state index contributed by atoms with van der Waals surface area (Å²) in [5.74, 6) is 1.34. The Morgan fingerprint density at radius 3 is 2.65 bits per heavy atom. The normalized spacial score (nSPS) is 17.1. The van der Waals surface area contributed by atoms with Crippen LogP contribution in [0.5, 0.6) is 6.01 Å². The van der Waals surface area contributed by atoms with E-state index in [1.807, 2.05) is 6.92 Å². The lowest BCUT2D eigenvalue weighted by Crippen LogP contribution is -2.35. The van der Waals surface area contributed by atoms with Crippen LogP contribution >= 0.6 is 0 Å². The van der Waals surface area contributed by atoms with Crippen LogP contribution in [0.3, 0.4) is 0 Å². The number of hydrogen-bond donors (Lipinski definition) is 2. The standard InChI is InChI=1S/C13H24N6O/c1-3-19-7-5-10(6-8-19)9-15-12-16-11(14)17-13(18-12)20-4-2/h10H,3-9H2,1-2H3,(H3,14,15,16,17,18). The first kappa shape index (κ1) is 14.8. The molecule has 7 heteroatoms. The molecule has 20 heavy (non-hydrogen) atoms. The Morgan fingerprint density at radius 2 is 2.00 bits per heavy atom. The second kappa shape index (κ2) is 7.23. The van der Waals surface area contributed by atoms with Gasteiger partial charge in [-0.05, 0) is 45.3 Å². The van der Waals surface area contributed by atoms with Gasteiger partial charge in [0.05, 0.1) is 6.61 Å². The summed E-state index contributed by atoms with van der Waals surface area (Å²) in [6, 6.07) is 0.281. The maximum Gasteiger partial charge on any atom is 0.323 e. The molecule has 0 unspecified atom stereocenters. The predicted molar refractivity (Wildman–Crippen MR) is 78.7 cm³/mol. The molecule has 0 saturated carbocycles. The van der Waals surface area contributed by atoms with Crippen LogP contribution in [-0.4, -0.2) is 52.6 Å². The predicted octanol–water partition coefficient (Wildman–Crippen LogP) is 0.996. The summed E-state index contributed by atoms with van der Waals surface area (Å²) < 4.78 is 5.26. The van der Waals surface area contributed by atoms with E-state index in [0.29, 0.717) is 18.5 Å². The quantitative estimate of drug-likeness (QED) is 0.803. The molecule has 0 atom stereocenters. The number of piperidine rings is 1. The van der Waals surface area contributed by atoms with Crippen molar-refractivity contribution in [2.45, 2.75) is 26.7 Å². The van der Waals surface area contributed by atoms with Crippen molar-refractivity contribution in [1.29, 1.82) is 0 Å². The highest BCUT2D eigenvalue weighted by atomic mass is 16.5. The van der Waals surface area contributed by atoms with Crippen molar-refractivity contribution in [3.05, 3.63) is 0 Å². The minimum absolute atomic E-state index is 0.187. The topological polar surface area (TPSA) is 89.2 Å². The molecule has 7 nitrogen and oxygen atoms in total. The minimum Gasteiger partial charge on any atom is -0.464 e. The molecule has 0 spiro atoms. The van der Waals surface area contributed by atoms with Gasteiger partial charge >= 0.3 is 6.01 Å². The van der Waals surface area contributed by atoms with Crippen LogP contribution in [0, 0.1) is 5.92 Å². The van der Waals surface area contributed by atoms with Gasteiger partial charge in [-0.1, -0.05) is 6.92 Å². The molecule has 1 saturated heterocycles. The van der Waals surface area contributed by atoms with Crippen LogP contribution < -0.4 is 15.8 Å². The van der Waals surface area contributed by atoms with Gasteiger partial charge < -0.3 is 20.7 Å². The molecular weight excluding hydrogens is 256 g/mol. The van der Waals surface area contributed by atoms with E-state index in [9.17, 15) is 0 Å². The summed E-state index contributed by atoms with van der Waals surface area (Å²) >= 11 is 0. The van der Waals surface area contributed by atoms with Crippen LogP contribution in [-0.2, 0) is 0 Å². The fourth-order valence-electron chi connectivity index (χ4n) is 2.39. The highest BCUT2D eigenvalue weighted by molar-refractivity contribution is 5.32. The summed E-state index contributed by atoms with van der Waals surface area (Å²) in [6.45, 7) is 8.96. The van der Waals surface area contributed by atoms with Crippen molar-refractivity contribution in [2.75, 3.05) is 43.8 Å². The van der Waals surface area contributed by atoms with Gasteiger partial charge in [0.25, 0.3) is 0 Å². The number of nitrogens with zero attached hydrogens (tertiary/aromatic N) is 4.